The van der Waals surface area contributed by atoms with E-state index in [1.165, 1.54) is 66.5 Å². The number of hydrazone groups is 3. The first kappa shape index (κ1) is 101. The number of nitrogens with zero attached hydrogens (tertiary/aromatic N) is 15. The van der Waals surface area contributed by atoms with Crippen LogP contribution in [0.15, 0.2) is 380 Å². The third-order valence-corrected chi connectivity index (χ3v) is 26.6. The van der Waals surface area contributed by atoms with Gasteiger partial charge < -0.3 is 29.7 Å². The summed E-state index contributed by atoms with van der Waals surface area (Å²) in [5.74, 6) is 0.905. The molecule has 21 heteroatoms. The maximum absolute atomic E-state index is 5.23. The number of amidine groups is 1. The quantitative estimate of drug-likeness (QED) is 0.0484. The van der Waals surface area contributed by atoms with Crippen molar-refractivity contribution in [3.05, 3.63) is 476 Å². The van der Waals surface area contributed by atoms with Gasteiger partial charge >= 0.3 is 0 Å². The molecule has 0 amide bonds. The van der Waals surface area contributed by atoms with Crippen molar-refractivity contribution in [2.24, 2.45) is 15.3 Å². The number of benzene rings is 13. The minimum atomic E-state index is -0.102. The molecular weight excluding hydrogens is 2290 g/mol. The van der Waals surface area contributed by atoms with Gasteiger partial charge in [0.15, 0.2) is 20.1 Å². The van der Waals surface area contributed by atoms with E-state index in [2.05, 4.69) is 435 Å². The molecule has 6 heterocycles. The standard InChI is InChI=1S/C44H37BN5.C40H37BN5.C38H33BN5.3Pt/c1-32-25-33(2)44(34(3)26-32)45(38-19-14-24-41(28-38)49-31-48(30-46-49)39-20-9-5-10-21-39)37-18-13-17-36(27-37)42-29-43(35-15-7-4-8-16-35)50(47-42)40-22-11-6-12-23-40;1-28-22-29(2)40(30(3)23-28)41(34-15-12-14-33(25-34)39-24-31(4)46(43-39)37-19-10-7-11-20-37)35-16-13-21-38(26-35)45-27-44(32(5)42-45)36-17-8-6-9-18-36;1-28-22-29(2)38(30(3)23-28)39(32-13-10-12-31(24-32)37-20-21-43(41-37)35-17-8-5-9-18-35)33-14-11-19-36(25-33)44-27-42(26-40-44)34-15-6-4-7-16-34;;;/h4-22,24-26,29-31,40H,23H2,1-3H3;6-19,21-24,27,37H,20H2,1-5H3;4-17,19-23,26-27,35H,18H2,1-3H3;;;/q3*-3;;;/t40-;37-;35-;;;/m111.../s1. The largest absolute Gasteiger partial charge is 0.463 e. The van der Waals surface area contributed by atoms with Gasteiger partial charge in [-0.15, -0.1) is 128 Å². The van der Waals surface area contributed by atoms with Crippen molar-refractivity contribution >= 4 is 122 Å². The second-order valence-corrected chi connectivity index (χ2v) is 36.8. The Morgan fingerprint density at radius 3 is 1.08 bits per heavy atom. The third kappa shape index (κ3) is 22.4. The molecule has 3 aromatic heterocycles. The van der Waals surface area contributed by atoms with Crippen LogP contribution in [0.3, 0.4) is 0 Å². The van der Waals surface area contributed by atoms with Gasteiger partial charge in [-0.3, -0.25) is 14.0 Å². The molecule has 0 N–H and O–H groups in total. The second-order valence-electron chi connectivity index (χ2n) is 36.8. The summed E-state index contributed by atoms with van der Waals surface area (Å²) in [5, 5.41) is 35.2. The van der Waals surface area contributed by atoms with Gasteiger partial charge in [-0.1, -0.05) is 296 Å². The first-order valence-corrected chi connectivity index (χ1v) is 48.1. The number of rotatable bonds is 22. The predicted molar refractivity (Wildman–Crippen MR) is 584 cm³/mol. The van der Waals surface area contributed by atoms with Crippen molar-refractivity contribution in [3.8, 4) is 45.0 Å². The topological polar surface area (TPSA) is 110 Å². The minimum Gasteiger partial charge on any atom is -0.463 e. The predicted octanol–water partition coefficient (Wildman–Crippen LogP) is 20.5. The van der Waals surface area contributed by atoms with Crippen molar-refractivity contribution in [1.29, 1.82) is 0 Å². The van der Waals surface area contributed by atoms with Crippen LogP contribution in [-0.4, -0.2) is 68.0 Å². The van der Waals surface area contributed by atoms with Crippen LogP contribution in [0.4, 0.5) is 34.1 Å². The number of allylic oxidation sites excluding steroid dienone is 12. The van der Waals surface area contributed by atoms with E-state index in [0.29, 0.717) is 0 Å². The summed E-state index contributed by atoms with van der Waals surface area (Å²) in [7, 11) is 0. The van der Waals surface area contributed by atoms with Crippen LogP contribution < -0.4 is 78.9 Å². The Morgan fingerprint density at radius 1 is 0.315 bits per heavy atom. The van der Waals surface area contributed by atoms with Gasteiger partial charge in [0.25, 0.3) is 0 Å². The number of para-hydroxylation sites is 3. The third-order valence-electron chi connectivity index (χ3n) is 26.6. The number of hydrogen-bond donors (Lipinski definition) is 0. The molecule has 0 saturated carbocycles. The smallest absolute Gasteiger partial charge is 0.198 e. The Labute approximate surface area is 887 Å². The number of hydrogen-bond acceptors (Lipinski definition) is 12. The normalized spacial score (nSPS) is 15.3. The summed E-state index contributed by atoms with van der Waals surface area (Å²) >= 11 is 0. The molecule has 13 aromatic carbocycles. The Hall–Kier alpha value is -14.0. The average molecular weight is 2400 g/mol. The Morgan fingerprint density at radius 2 is 0.671 bits per heavy atom. The molecule has 22 rings (SSSR count). The molecule has 143 heavy (non-hydrogen) atoms. The van der Waals surface area contributed by atoms with Crippen LogP contribution in [0.25, 0.3) is 45.0 Å². The molecule has 0 fully saturated rings. The molecule has 3 aliphatic heterocycles. The van der Waals surface area contributed by atoms with Crippen LogP contribution in [0.5, 0.6) is 0 Å². The van der Waals surface area contributed by atoms with E-state index < -0.39 is 0 Å². The zero-order valence-corrected chi connectivity index (χ0v) is 88.6. The summed E-state index contributed by atoms with van der Waals surface area (Å²) in [4.78, 5) is 6.14. The first-order valence-electron chi connectivity index (χ1n) is 48.1. The molecule has 0 radical (unpaired) electrons. The Bertz CT molecular complexity index is 7460. The fourth-order valence-electron chi connectivity index (χ4n) is 20.3. The molecule has 3 atom stereocenters. The minimum absolute atomic E-state index is 0. The molecule has 0 unspecified atom stereocenters. The summed E-state index contributed by atoms with van der Waals surface area (Å²) in [6.07, 6.45) is 34.4. The van der Waals surface area contributed by atoms with Crippen molar-refractivity contribution in [2.45, 2.75) is 114 Å². The zero-order valence-electron chi connectivity index (χ0n) is 81.8. The molecular formula is C122H107B3N15Pt3-9. The van der Waals surface area contributed by atoms with E-state index in [-0.39, 0.29) is 101 Å². The van der Waals surface area contributed by atoms with Crippen molar-refractivity contribution in [2.75, 3.05) is 29.7 Å². The van der Waals surface area contributed by atoms with Crippen LogP contribution in [0.2, 0.25) is 0 Å². The SMILES string of the molecule is CC1=NN(c2[c-]c(B(c3[c-]c(-c4cc(C)n([C@@H]5C=CC=CC5)n4)ccc3)c3c(C)cc(C)cc3C)ccc2)[CH-]N1c1ccccc1.Cc1cc(C)c(B(c2[c-]c(-c3cc(-c4ccccc4)n([C@@H]4C=CC=CC4)n3)ccc2)c2[c-]c(N3[CH-]N(c4ccccc4)C=N3)ccc2)c(C)c1.Cc1cc(C)c(B(c2[c-]c(-c3ccn([C@@H]4C=CC=CC4)n3)ccc2)c2[c-]c(N3[CH-]N(c4ccccc4)C=N3)ccc2)c(C)c1.[Pt].[Pt].[Pt]. The number of aryl methyl sites for hydroxylation is 10. The Balaban J connectivity index is 0.000000146. The second kappa shape index (κ2) is 45.5. The fraction of sp³-hybridized carbons (Fsp3) is 0.139. The first-order chi connectivity index (χ1) is 68.4. The van der Waals surface area contributed by atoms with Gasteiger partial charge in [0.2, 0.25) is 0 Å². The van der Waals surface area contributed by atoms with E-state index >= 15 is 0 Å². The van der Waals surface area contributed by atoms with Crippen LogP contribution in [0, 0.1) is 126 Å². The summed E-state index contributed by atoms with van der Waals surface area (Å²) in [6.45, 7) is 29.7. The zero-order chi connectivity index (χ0) is 95.9. The molecule has 718 valence electrons. The van der Waals surface area contributed by atoms with Crippen LogP contribution >= 0.6 is 0 Å². The Kier molecular flexibility index (Phi) is 32.0. The summed E-state index contributed by atoms with van der Waals surface area (Å²) in [5.41, 5.74) is 36.5. The monoisotopic (exact) mass is 2400 g/mol. The van der Waals surface area contributed by atoms with Crippen molar-refractivity contribution < 1.29 is 63.2 Å². The van der Waals surface area contributed by atoms with Crippen LogP contribution in [-0.2, 0) is 63.2 Å². The van der Waals surface area contributed by atoms with Gasteiger partial charge in [-0.2, -0.15) is 103 Å². The summed E-state index contributed by atoms with van der Waals surface area (Å²) < 4.78 is 6.34. The average Bonchev–Trinajstić information content (AvgIpc) is 1.72. The molecule has 15 nitrogen and oxygen atoms in total. The molecule has 6 aliphatic rings. The van der Waals surface area contributed by atoms with Gasteiger partial charge in [-0.05, 0) is 137 Å². The van der Waals surface area contributed by atoms with E-state index in [9.17, 15) is 0 Å². The molecule has 0 saturated heterocycles. The van der Waals surface area contributed by atoms with E-state index in [1.807, 2.05) is 124 Å². The van der Waals surface area contributed by atoms with E-state index in [4.69, 9.17) is 25.5 Å². The van der Waals surface area contributed by atoms with Gasteiger partial charge in [-0.25, -0.2) is 15.3 Å². The summed E-state index contributed by atoms with van der Waals surface area (Å²) in [6, 6.07) is 123. The van der Waals surface area contributed by atoms with Gasteiger partial charge in [0.05, 0.1) is 42.3 Å². The maximum Gasteiger partial charge on any atom is 0.198 e. The van der Waals surface area contributed by atoms with Gasteiger partial charge in [0.1, 0.15) is 0 Å². The molecule has 0 bridgehead atoms. The molecule has 16 aromatic rings. The maximum atomic E-state index is 5.23. The van der Waals surface area contributed by atoms with Crippen molar-refractivity contribution in [3.63, 3.8) is 0 Å². The van der Waals surface area contributed by atoms with Crippen molar-refractivity contribution in [1.82, 2.24) is 29.3 Å². The van der Waals surface area contributed by atoms with Gasteiger partial charge in [0, 0.05) is 109 Å². The number of aromatic nitrogens is 6. The molecule has 3 aliphatic carbocycles. The van der Waals surface area contributed by atoms with E-state index in [1.54, 1.807) is 0 Å². The number of anilines is 6. The fourth-order valence-corrected chi connectivity index (χ4v) is 20.3. The van der Waals surface area contributed by atoms with E-state index in [0.717, 1.165) is 143 Å². The molecule has 0 spiro atoms. The van der Waals surface area contributed by atoms with Crippen LogP contribution in [0.1, 0.15) is 100 Å².